The van der Waals surface area contributed by atoms with Gasteiger partial charge in [0.2, 0.25) is 5.91 Å². The molecule has 3 nitrogen and oxygen atoms in total. The van der Waals surface area contributed by atoms with Crippen LogP contribution in [0.2, 0.25) is 0 Å². The summed E-state index contributed by atoms with van der Waals surface area (Å²) in [6, 6.07) is 0. The third-order valence-corrected chi connectivity index (χ3v) is 2.56. The number of hydroxylamine groups is 1. The van der Waals surface area contributed by atoms with Gasteiger partial charge in [-0.2, -0.15) is 0 Å². The first kappa shape index (κ1) is 11.0. The van der Waals surface area contributed by atoms with Crippen LogP contribution in [-0.2, 0) is 9.63 Å². The first-order valence-corrected chi connectivity index (χ1v) is 4.74. The highest BCUT2D eigenvalue weighted by molar-refractivity contribution is 5.75. The highest BCUT2D eigenvalue weighted by atomic mass is 16.6. The molecule has 0 aromatic heterocycles. The van der Waals surface area contributed by atoms with Crippen LogP contribution in [0.1, 0.15) is 20.3 Å². The summed E-state index contributed by atoms with van der Waals surface area (Å²) in [6.45, 7) is 4.25. The van der Waals surface area contributed by atoms with Gasteiger partial charge < -0.3 is 0 Å². The molecular weight excluding hydrogens is 178 g/mol. The summed E-state index contributed by atoms with van der Waals surface area (Å²) in [4.78, 5) is 15.9. The monoisotopic (exact) mass is 195 g/mol. The van der Waals surface area contributed by atoms with Crippen molar-refractivity contribution in [2.24, 2.45) is 11.3 Å². The Balaban J connectivity index is 2.56. The van der Waals surface area contributed by atoms with Crippen LogP contribution in [0.15, 0.2) is 24.3 Å². The molecule has 1 rings (SSSR count). The minimum atomic E-state index is -0.0782. The van der Waals surface area contributed by atoms with Gasteiger partial charge in [0.1, 0.15) is 0 Å². The van der Waals surface area contributed by atoms with Crippen molar-refractivity contribution in [2.75, 3.05) is 7.11 Å². The van der Waals surface area contributed by atoms with E-state index in [0.29, 0.717) is 6.42 Å². The maximum Gasteiger partial charge on any atom is 0.244 e. The molecule has 0 heterocycles. The first-order valence-electron chi connectivity index (χ1n) is 4.74. The summed E-state index contributed by atoms with van der Waals surface area (Å²) in [6.07, 6.45) is 8.65. The summed E-state index contributed by atoms with van der Waals surface area (Å²) in [7, 11) is 1.44. The van der Waals surface area contributed by atoms with Crippen molar-refractivity contribution < 1.29 is 9.63 Å². The number of nitrogens with one attached hydrogen (secondary N) is 1. The Morgan fingerprint density at radius 2 is 2.21 bits per heavy atom. The largest absolute Gasteiger partial charge is 0.277 e. The number of hydrogen-bond donors (Lipinski definition) is 1. The Kier molecular flexibility index (Phi) is 3.47. The van der Waals surface area contributed by atoms with E-state index in [1.807, 2.05) is 12.2 Å². The van der Waals surface area contributed by atoms with E-state index in [1.165, 1.54) is 7.11 Å². The van der Waals surface area contributed by atoms with Crippen molar-refractivity contribution in [2.45, 2.75) is 20.3 Å². The lowest BCUT2D eigenvalue weighted by Gasteiger charge is -2.30. The van der Waals surface area contributed by atoms with Crippen LogP contribution >= 0.6 is 0 Å². The Morgan fingerprint density at radius 1 is 1.50 bits per heavy atom. The molecule has 0 saturated heterocycles. The van der Waals surface area contributed by atoms with Crippen LogP contribution < -0.4 is 5.48 Å². The van der Waals surface area contributed by atoms with Crippen LogP contribution in [0.4, 0.5) is 0 Å². The fourth-order valence-electron chi connectivity index (χ4n) is 1.56. The Labute approximate surface area is 84.8 Å². The number of amides is 1. The fraction of sp³-hybridized carbons (Fsp3) is 0.545. The number of rotatable bonds is 3. The van der Waals surface area contributed by atoms with Crippen LogP contribution in [0, 0.1) is 11.3 Å². The maximum atomic E-state index is 11.3. The molecule has 78 valence electrons. The minimum absolute atomic E-state index is 0.0415. The summed E-state index contributed by atoms with van der Waals surface area (Å²) in [5.74, 6) is 0.160. The lowest BCUT2D eigenvalue weighted by atomic mass is 9.74. The zero-order valence-electron chi connectivity index (χ0n) is 8.91. The molecule has 0 bridgehead atoms. The average molecular weight is 195 g/mol. The van der Waals surface area contributed by atoms with Gasteiger partial charge in [-0.3, -0.25) is 9.63 Å². The quantitative estimate of drug-likeness (QED) is 0.698. The summed E-state index contributed by atoms with van der Waals surface area (Å²) in [5.41, 5.74) is 2.38. The molecule has 3 heteroatoms. The number of carbonyl (C=O) groups excluding carboxylic acids is 1. The van der Waals surface area contributed by atoms with Crippen LogP contribution in [0.3, 0.4) is 0 Å². The predicted octanol–water partition coefficient (Wildman–Crippen LogP) is 1.82. The second-order valence-corrected chi connectivity index (χ2v) is 4.11. The Bertz CT molecular complexity index is 266. The molecule has 0 radical (unpaired) electrons. The molecule has 0 aromatic rings. The molecule has 1 N–H and O–H groups in total. The van der Waals surface area contributed by atoms with Gasteiger partial charge in [0.25, 0.3) is 0 Å². The molecule has 1 amide bonds. The van der Waals surface area contributed by atoms with Crippen molar-refractivity contribution in [3.05, 3.63) is 24.3 Å². The second kappa shape index (κ2) is 4.42. The second-order valence-electron chi connectivity index (χ2n) is 4.11. The maximum absolute atomic E-state index is 11.3. The van der Waals surface area contributed by atoms with Gasteiger partial charge >= 0.3 is 0 Å². The molecule has 1 aliphatic carbocycles. The van der Waals surface area contributed by atoms with Gasteiger partial charge in [-0.25, -0.2) is 5.48 Å². The summed E-state index contributed by atoms with van der Waals surface area (Å²) < 4.78 is 0. The van der Waals surface area contributed by atoms with Crippen molar-refractivity contribution in [1.29, 1.82) is 0 Å². The summed E-state index contributed by atoms with van der Waals surface area (Å²) >= 11 is 0. The fourth-order valence-corrected chi connectivity index (χ4v) is 1.56. The standard InChI is InChI=1S/C11H17NO2/c1-11(2)7-5-4-6-9(11)8-10(13)12-14-3/h4-7,9H,8H2,1-3H3,(H,12,13). The number of allylic oxidation sites excluding steroid dienone is 4. The molecule has 0 saturated carbocycles. The van der Waals surface area contributed by atoms with Crippen molar-refractivity contribution in [3.63, 3.8) is 0 Å². The van der Waals surface area contributed by atoms with Crippen molar-refractivity contribution in [3.8, 4) is 0 Å². The van der Waals surface area contributed by atoms with Gasteiger partial charge in [0.15, 0.2) is 0 Å². The van der Waals surface area contributed by atoms with Gasteiger partial charge in [-0.15, -0.1) is 0 Å². The Morgan fingerprint density at radius 3 is 2.79 bits per heavy atom. The van der Waals surface area contributed by atoms with Gasteiger partial charge in [0, 0.05) is 6.42 Å². The number of carbonyl (C=O) groups is 1. The molecule has 1 unspecified atom stereocenters. The normalized spacial score (nSPS) is 23.5. The van der Waals surface area contributed by atoms with Gasteiger partial charge in [-0.05, 0) is 11.3 Å². The van der Waals surface area contributed by atoms with E-state index in [2.05, 4.69) is 36.3 Å². The van der Waals surface area contributed by atoms with Crippen LogP contribution in [0.25, 0.3) is 0 Å². The highest BCUT2D eigenvalue weighted by Gasteiger charge is 2.28. The minimum Gasteiger partial charge on any atom is -0.277 e. The van der Waals surface area contributed by atoms with Crippen LogP contribution in [0.5, 0.6) is 0 Å². The van der Waals surface area contributed by atoms with E-state index in [4.69, 9.17) is 0 Å². The van der Waals surface area contributed by atoms with E-state index >= 15 is 0 Å². The predicted molar refractivity (Wildman–Crippen MR) is 55.3 cm³/mol. The number of hydrogen-bond acceptors (Lipinski definition) is 2. The van der Waals surface area contributed by atoms with E-state index in [9.17, 15) is 4.79 Å². The third-order valence-electron chi connectivity index (χ3n) is 2.56. The van der Waals surface area contributed by atoms with Crippen molar-refractivity contribution in [1.82, 2.24) is 5.48 Å². The van der Waals surface area contributed by atoms with E-state index in [-0.39, 0.29) is 17.2 Å². The molecule has 14 heavy (non-hydrogen) atoms. The highest BCUT2D eigenvalue weighted by Crippen LogP contribution is 2.34. The van der Waals surface area contributed by atoms with Crippen LogP contribution in [-0.4, -0.2) is 13.0 Å². The molecule has 0 aliphatic heterocycles. The molecule has 0 spiro atoms. The zero-order chi connectivity index (χ0) is 10.6. The van der Waals surface area contributed by atoms with E-state index in [1.54, 1.807) is 0 Å². The third kappa shape index (κ3) is 2.70. The smallest absolute Gasteiger partial charge is 0.244 e. The molecule has 1 aliphatic rings. The molecule has 0 aromatic carbocycles. The lowest BCUT2D eigenvalue weighted by molar-refractivity contribution is -0.132. The average Bonchev–Trinajstić information content (AvgIpc) is 2.09. The lowest BCUT2D eigenvalue weighted by Crippen LogP contribution is -2.30. The van der Waals surface area contributed by atoms with E-state index in [0.717, 1.165) is 0 Å². The molecule has 1 atom stereocenters. The topological polar surface area (TPSA) is 38.3 Å². The molecular formula is C11H17NO2. The zero-order valence-corrected chi connectivity index (χ0v) is 8.91. The summed E-state index contributed by atoms with van der Waals surface area (Å²) in [5, 5.41) is 0. The molecule has 0 fully saturated rings. The van der Waals surface area contributed by atoms with Crippen molar-refractivity contribution >= 4 is 5.91 Å². The van der Waals surface area contributed by atoms with Gasteiger partial charge in [-0.1, -0.05) is 38.2 Å². The first-order chi connectivity index (χ1) is 6.56. The van der Waals surface area contributed by atoms with Gasteiger partial charge in [0.05, 0.1) is 7.11 Å². The SMILES string of the molecule is CONC(=O)CC1C=CC=CC1(C)C. The Hall–Kier alpha value is -1.09. The van der Waals surface area contributed by atoms with E-state index < -0.39 is 0 Å².